The predicted molar refractivity (Wildman–Crippen MR) is 65.7 cm³/mol. The van der Waals surface area contributed by atoms with Gasteiger partial charge in [0.25, 0.3) is 0 Å². The second-order valence-electron chi connectivity index (χ2n) is 3.92. The molecule has 3 nitrogen and oxygen atoms in total. The summed E-state index contributed by atoms with van der Waals surface area (Å²) in [6.07, 6.45) is -0.0502. The standard InChI is InChI=1S/C13H20FNO2/c1-4-15-8-11-7-12(14)5-6-13(11)17-10(2)9-16-3/h5-7,10,15H,4,8-9H2,1-3H3. The monoisotopic (exact) mass is 241 g/mol. The number of rotatable bonds is 7. The van der Waals surface area contributed by atoms with Crippen LogP contribution in [0, 0.1) is 5.82 Å². The average molecular weight is 241 g/mol. The molecule has 0 aromatic heterocycles. The molecule has 0 aliphatic rings. The van der Waals surface area contributed by atoms with Gasteiger partial charge in [-0.3, -0.25) is 0 Å². The maximum absolute atomic E-state index is 13.2. The molecule has 0 heterocycles. The van der Waals surface area contributed by atoms with Crippen LogP contribution >= 0.6 is 0 Å². The van der Waals surface area contributed by atoms with Crippen molar-refractivity contribution in [1.29, 1.82) is 0 Å². The molecule has 0 bridgehead atoms. The molecule has 1 aromatic rings. The lowest BCUT2D eigenvalue weighted by Gasteiger charge is -2.17. The normalized spacial score (nSPS) is 12.5. The first-order valence-corrected chi connectivity index (χ1v) is 5.82. The number of methoxy groups -OCH3 is 1. The summed E-state index contributed by atoms with van der Waals surface area (Å²) in [5.41, 5.74) is 0.829. The second-order valence-corrected chi connectivity index (χ2v) is 3.92. The van der Waals surface area contributed by atoms with Crippen molar-refractivity contribution in [2.45, 2.75) is 26.5 Å². The highest BCUT2D eigenvalue weighted by molar-refractivity contribution is 5.34. The van der Waals surface area contributed by atoms with E-state index in [2.05, 4.69) is 5.32 Å². The van der Waals surface area contributed by atoms with Crippen molar-refractivity contribution in [3.8, 4) is 5.75 Å². The summed E-state index contributed by atoms with van der Waals surface area (Å²) >= 11 is 0. The van der Waals surface area contributed by atoms with Gasteiger partial charge < -0.3 is 14.8 Å². The summed E-state index contributed by atoms with van der Waals surface area (Å²) in [7, 11) is 1.63. The fraction of sp³-hybridized carbons (Fsp3) is 0.538. The van der Waals surface area contributed by atoms with E-state index >= 15 is 0 Å². The van der Waals surface area contributed by atoms with Crippen LogP contribution in [0.15, 0.2) is 18.2 Å². The van der Waals surface area contributed by atoms with Gasteiger partial charge in [0.15, 0.2) is 0 Å². The Bertz CT molecular complexity index is 344. The third kappa shape index (κ3) is 4.71. The number of ether oxygens (including phenoxy) is 2. The fourth-order valence-corrected chi connectivity index (χ4v) is 1.55. The van der Waals surface area contributed by atoms with E-state index in [9.17, 15) is 4.39 Å². The minimum Gasteiger partial charge on any atom is -0.488 e. The number of nitrogens with one attached hydrogen (secondary N) is 1. The number of halogens is 1. The predicted octanol–water partition coefficient (Wildman–Crippen LogP) is 2.35. The van der Waals surface area contributed by atoms with Crippen LogP contribution in [0.25, 0.3) is 0 Å². The van der Waals surface area contributed by atoms with Crippen LogP contribution < -0.4 is 10.1 Å². The summed E-state index contributed by atoms with van der Waals surface area (Å²) in [5.74, 6) is 0.460. The zero-order valence-corrected chi connectivity index (χ0v) is 10.6. The third-order valence-electron chi connectivity index (χ3n) is 2.32. The van der Waals surface area contributed by atoms with E-state index in [1.165, 1.54) is 12.1 Å². The molecule has 17 heavy (non-hydrogen) atoms. The van der Waals surface area contributed by atoms with E-state index in [4.69, 9.17) is 9.47 Å². The van der Waals surface area contributed by atoms with Crippen molar-refractivity contribution in [1.82, 2.24) is 5.32 Å². The Kier molecular flexibility index (Phi) is 5.94. The summed E-state index contributed by atoms with van der Waals surface area (Å²) in [4.78, 5) is 0. The molecule has 0 aliphatic carbocycles. The van der Waals surface area contributed by atoms with Gasteiger partial charge in [-0.25, -0.2) is 4.39 Å². The first kappa shape index (κ1) is 13.9. The van der Waals surface area contributed by atoms with Gasteiger partial charge in [-0.1, -0.05) is 6.92 Å². The molecule has 1 N–H and O–H groups in total. The molecule has 0 fully saturated rings. The molecule has 1 atom stereocenters. The van der Waals surface area contributed by atoms with Gasteiger partial charge in [-0.05, 0) is 31.7 Å². The first-order valence-electron chi connectivity index (χ1n) is 5.82. The zero-order chi connectivity index (χ0) is 12.7. The molecular formula is C13H20FNO2. The SMILES string of the molecule is CCNCc1cc(F)ccc1OC(C)COC. The Labute approximate surface area is 102 Å². The number of benzene rings is 1. The van der Waals surface area contributed by atoms with Gasteiger partial charge in [0.1, 0.15) is 17.7 Å². The second kappa shape index (κ2) is 7.25. The Morgan fingerprint density at radius 3 is 2.82 bits per heavy atom. The first-order chi connectivity index (χ1) is 8.17. The van der Waals surface area contributed by atoms with Crippen LogP contribution in [0.2, 0.25) is 0 Å². The van der Waals surface area contributed by atoms with E-state index in [0.717, 1.165) is 12.1 Å². The van der Waals surface area contributed by atoms with Gasteiger partial charge in [0, 0.05) is 19.2 Å². The molecule has 96 valence electrons. The lowest BCUT2D eigenvalue weighted by Crippen LogP contribution is -2.20. The molecule has 1 rings (SSSR count). The molecule has 0 saturated carbocycles. The number of hydrogen-bond acceptors (Lipinski definition) is 3. The van der Waals surface area contributed by atoms with E-state index in [1.807, 2.05) is 13.8 Å². The molecule has 0 radical (unpaired) electrons. The summed E-state index contributed by atoms with van der Waals surface area (Å²) in [6, 6.07) is 4.57. The third-order valence-corrected chi connectivity index (χ3v) is 2.32. The Morgan fingerprint density at radius 2 is 2.18 bits per heavy atom. The summed E-state index contributed by atoms with van der Waals surface area (Å²) < 4.78 is 23.9. The smallest absolute Gasteiger partial charge is 0.124 e. The van der Waals surface area contributed by atoms with Crippen LogP contribution in [-0.2, 0) is 11.3 Å². The van der Waals surface area contributed by atoms with E-state index in [-0.39, 0.29) is 11.9 Å². The molecule has 0 amide bonds. The van der Waals surface area contributed by atoms with E-state index < -0.39 is 0 Å². The van der Waals surface area contributed by atoms with E-state index in [0.29, 0.717) is 18.9 Å². The van der Waals surface area contributed by atoms with E-state index in [1.54, 1.807) is 13.2 Å². The van der Waals surface area contributed by atoms with Crippen molar-refractivity contribution in [3.05, 3.63) is 29.6 Å². The number of hydrogen-bond donors (Lipinski definition) is 1. The molecular weight excluding hydrogens is 221 g/mol. The highest BCUT2D eigenvalue weighted by Gasteiger charge is 2.09. The minimum absolute atomic E-state index is 0.0502. The van der Waals surface area contributed by atoms with Crippen molar-refractivity contribution in [2.75, 3.05) is 20.3 Å². The molecule has 1 unspecified atom stereocenters. The molecule has 0 saturated heterocycles. The average Bonchev–Trinajstić information content (AvgIpc) is 2.30. The fourth-order valence-electron chi connectivity index (χ4n) is 1.55. The Balaban J connectivity index is 2.74. The largest absolute Gasteiger partial charge is 0.488 e. The van der Waals surface area contributed by atoms with Crippen molar-refractivity contribution in [2.24, 2.45) is 0 Å². The van der Waals surface area contributed by atoms with Crippen molar-refractivity contribution < 1.29 is 13.9 Å². The zero-order valence-electron chi connectivity index (χ0n) is 10.6. The highest BCUT2D eigenvalue weighted by atomic mass is 19.1. The van der Waals surface area contributed by atoms with Gasteiger partial charge >= 0.3 is 0 Å². The Morgan fingerprint density at radius 1 is 1.41 bits per heavy atom. The van der Waals surface area contributed by atoms with Crippen molar-refractivity contribution in [3.63, 3.8) is 0 Å². The molecule has 1 aromatic carbocycles. The molecule has 0 aliphatic heterocycles. The Hall–Kier alpha value is -1.13. The highest BCUT2D eigenvalue weighted by Crippen LogP contribution is 2.21. The summed E-state index contributed by atoms with van der Waals surface area (Å²) in [6.45, 7) is 5.88. The van der Waals surface area contributed by atoms with Gasteiger partial charge in [-0.2, -0.15) is 0 Å². The topological polar surface area (TPSA) is 30.5 Å². The maximum atomic E-state index is 13.2. The lowest BCUT2D eigenvalue weighted by molar-refractivity contribution is 0.0913. The van der Waals surface area contributed by atoms with Crippen molar-refractivity contribution >= 4 is 0 Å². The minimum atomic E-state index is -0.246. The molecule has 0 spiro atoms. The van der Waals surface area contributed by atoms with Gasteiger partial charge in [0.05, 0.1) is 6.61 Å². The van der Waals surface area contributed by atoms with Gasteiger partial charge in [-0.15, -0.1) is 0 Å². The van der Waals surface area contributed by atoms with Gasteiger partial charge in [0.2, 0.25) is 0 Å². The van der Waals surface area contributed by atoms with Crippen LogP contribution in [0.1, 0.15) is 19.4 Å². The summed E-state index contributed by atoms with van der Waals surface area (Å²) in [5, 5.41) is 3.16. The van der Waals surface area contributed by atoms with Crippen LogP contribution in [0.3, 0.4) is 0 Å². The molecule has 4 heteroatoms. The lowest BCUT2D eigenvalue weighted by atomic mass is 10.2. The van der Waals surface area contributed by atoms with Crippen LogP contribution in [-0.4, -0.2) is 26.4 Å². The maximum Gasteiger partial charge on any atom is 0.124 e. The quantitative estimate of drug-likeness (QED) is 0.795. The van der Waals surface area contributed by atoms with Crippen LogP contribution in [0.5, 0.6) is 5.75 Å². The van der Waals surface area contributed by atoms with Crippen LogP contribution in [0.4, 0.5) is 4.39 Å².